The first kappa shape index (κ1) is 17.8. The van der Waals surface area contributed by atoms with E-state index in [-0.39, 0.29) is 16.8 Å². The van der Waals surface area contributed by atoms with E-state index in [1.54, 1.807) is 36.4 Å². The zero-order valence-corrected chi connectivity index (χ0v) is 16.4. The zero-order valence-electron chi connectivity index (χ0n) is 15.6. The van der Waals surface area contributed by atoms with Crippen LogP contribution >= 0.6 is 11.3 Å². The van der Waals surface area contributed by atoms with Crippen LogP contribution < -0.4 is 10.3 Å². The summed E-state index contributed by atoms with van der Waals surface area (Å²) in [5, 5.41) is 0.836. The van der Waals surface area contributed by atoms with E-state index in [1.165, 1.54) is 28.4 Å². The maximum atomic E-state index is 14.0. The van der Waals surface area contributed by atoms with Crippen LogP contribution in [-0.4, -0.2) is 10.9 Å². The van der Waals surface area contributed by atoms with E-state index in [4.69, 9.17) is 4.42 Å². The standard InChI is InChI=1S/C22H15FN2O3S/c1-11-12(2)29-22(24-11)25-18(13-6-5-7-14(23)10-13)17-19(26)15-8-3-4-9-16(15)28-20(17)21(25)27/h3-10,18H,1-2H3/t18-/m0/s1. The molecule has 4 aromatic rings. The van der Waals surface area contributed by atoms with Crippen LogP contribution in [0.2, 0.25) is 0 Å². The van der Waals surface area contributed by atoms with Crippen molar-refractivity contribution in [2.24, 2.45) is 0 Å². The molecule has 7 heteroatoms. The summed E-state index contributed by atoms with van der Waals surface area (Å²) in [6.07, 6.45) is 0. The molecule has 0 unspecified atom stereocenters. The van der Waals surface area contributed by atoms with Crippen LogP contribution in [0, 0.1) is 19.7 Å². The lowest BCUT2D eigenvalue weighted by Crippen LogP contribution is -2.29. The number of halogens is 1. The third-order valence-electron chi connectivity index (χ3n) is 5.17. The summed E-state index contributed by atoms with van der Waals surface area (Å²) in [5.41, 5.74) is 1.55. The number of fused-ring (bicyclic) bond motifs is 2. The molecule has 0 aliphatic carbocycles. The molecule has 2 aromatic heterocycles. The van der Waals surface area contributed by atoms with E-state index >= 15 is 0 Å². The van der Waals surface area contributed by atoms with Gasteiger partial charge in [-0.1, -0.05) is 24.3 Å². The normalized spacial score (nSPS) is 15.9. The number of carbonyl (C=O) groups excluding carboxylic acids is 1. The van der Waals surface area contributed by atoms with E-state index < -0.39 is 17.8 Å². The highest BCUT2D eigenvalue weighted by Gasteiger charge is 2.45. The van der Waals surface area contributed by atoms with Gasteiger partial charge in [0.15, 0.2) is 10.6 Å². The molecule has 0 spiro atoms. The SMILES string of the molecule is Cc1nc(N2C(=O)c3oc4ccccc4c(=O)c3[C@@H]2c2cccc(F)c2)sc1C. The van der Waals surface area contributed by atoms with Gasteiger partial charge in [0.2, 0.25) is 5.76 Å². The van der Waals surface area contributed by atoms with Gasteiger partial charge in [-0.15, -0.1) is 11.3 Å². The van der Waals surface area contributed by atoms with Crippen LogP contribution in [0.5, 0.6) is 0 Å². The minimum atomic E-state index is -0.806. The number of carbonyl (C=O) groups is 1. The Balaban J connectivity index is 1.84. The van der Waals surface area contributed by atoms with Crippen molar-refractivity contribution in [3.8, 4) is 0 Å². The number of para-hydroxylation sites is 1. The second-order valence-corrected chi connectivity index (χ2v) is 8.12. The molecule has 0 bridgehead atoms. The third kappa shape index (κ3) is 2.61. The molecule has 0 saturated carbocycles. The number of amides is 1. The van der Waals surface area contributed by atoms with Gasteiger partial charge in [0, 0.05) is 4.88 Å². The number of anilines is 1. The van der Waals surface area contributed by atoms with Crippen molar-refractivity contribution in [3.05, 3.63) is 92.0 Å². The van der Waals surface area contributed by atoms with Crippen LogP contribution in [0.3, 0.4) is 0 Å². The van der Waals surface area contributed by atoms with Crippen LogP contribution in [0.1, 0.15) is 38.3 Å². The second kappa shape index (κ2) is 6.35. The first-order chi connectivity index (χ1) is 14.0. The molecular weight excluding hydrogens is 391 g/mol. The Morgan fingerprint density at radius 1 is 1.10 bits per heavy atom. The van der Waals surface area contributed by atoms with Gasteiger partial charge in [0.05, 0.1) is 22.7 Å². The Kier molecular flexibility index (Phi) is 3.89. The van der Waals surface area contributed by atoms with Crippen molar-refractivity contribution in [2.75, 3.05) is 4.90 Å². The van der Waals surface area contributed by atoms with Crippen LogP contribution in [0.25, 0.3) is 11.0 Å². The molecule has 1 aliphatic heterocycles. The fourth-order valence-electron chi connectivity index (χ4n) is 3.67. The third-order valence-corrected chi connectivity index (χ3v) is 6.24. The summed E-state index contributed by atoms with van der Waals surface area (Å²) in [4.78, 5) is 33.6. The Hall–Kier alpha value is -3.32. The lowest BCUT2D eigenvalue weighted by molar-refractivity contribution is 0.0971. The topological polar surface area (TPSA) is 63.4 Å². The minimum Gasteiger partial charge on any atom is -0.450 e. The molecule has 1 amide bonds. The first-order valence-electron chi connectivity index (χ1n) is 9.04. The molecule has 1 aliphatic rings. The number of rotatable bonds is 2. The van der Waals surface area contributed by atoms with E-state index in [1.807, 2.05) is 13.8 Å². The molecule has 0 radical (unpaired) electrons. The van der Waals surface area contributed by atoms with Gasteiger partial charge >= 0.3 is 0 Å². The number of aromatic nitrogens is 1. The average Bonchev–Trinajstić information content (AvgIpc) is 3.19. The van der Waals surface area contributed by atoms with Gasteiger partial charge in [0.25, 0.3) is 5.91 Å². The monoisotopic (exact) mass is 406 g/mol. The van der Waals surface area contributed by atoms with Crippen LogP contribution in [0.4, 0.5) is 9.52 Å². The number of hydrogen-bond acceptors (Lipinski definition) is 5. The Bertz CT molecular complexity index is 1340. The summed E-state index contributed by atoms with van der Waals surface area (Å²) in [6, 6.07) is 11.9. The highest BCUT2D eigenvalue weighted by Crippen LogP contribution is 2.42. The Labute approximate surface area is 169 Å². The summed E-state index contributed by atoms with van der Waals surface area (Å²) in [7, 11) is 0. The largest absolute Gasteiger partial charge is 0.450 e. The maximum absolute atomic E-state index is 14.0. The van der Waals surface area contributed by atoms with Gasteiger partial charge in [-0.25, -0.2) is 9.37 Å². The van der Waals surface area contributed by atoms with Crippen molar-refractivity contribution in [1.29, 1.82) is 0 Å². The van der Waals surface area contributed by atoms with Gasteiger partial charge in [-0.05, 0) is 43.7 Å². The molecule has 0 N–H and O–H groups in total. The van der Waals surface area contributed by atoms with Gasteiger partial charge in [-0.3, -0.25) is 14.5 Å². The predicted molar refractivity (Wildman–Crippen MR) is 109 cm³/mol. The predicted octanol–water partition coefficient (Wildman–Crippen LogP) is 4.76. The highest BCUT2D eigenvalue weighted by molar-refractivity contribution is 7.15. The summed E-state index contributed by atoms with van der Waals surface area (Å²) < 4.78 is 19.9. The molecule has 5 nitrogen and oxygen atoms in total. The van der Waals surface area contributed by atoms with Crippen molar-refractivity contribution in [3.63, 3.8) is 0 Å². The molecule has 29 heavy (non-hydrogen) atoms. The lowest BCUT2D eigenvalue weighted by Gasteiger charge is -2.22. The molecule has 0 fully saturated rings. The number of hydrogen-bond donors (Lipinski definition) is 0. The highest BCUT2D eigenvalue weighted by atomic mass is 32.1. The van der Waals surface area contributed by atoms with Crippen LogP contribution in [0.15, 0.2) is 57.7 Å². The quantitative estimate of drug-likeness (QED) is 0.482. The lowest BCUT2D eigenvalue weighted by atomic mass is 9.98. The minimum absolute atomic E-state index is 0.0199. The fraction of sp³-hybridized carbons (Fsp3) is 0.136. The number of thiazole rings is 1. The summed E-state index contributed by atoms with van der Waals surface area (Å²) in [6.45, 7) is 3.77. The average molecular weight is 406 g/mol. The van der Waals surface area contributed by atoms with E-state index in [2.05, 4.69) is 4.98 Å². The molecular formula is C22H15FN2O3S. The van der Waals surface area contributed by atoms with E-state index in [0.29, 0.717) is 21.7 Å². The number of benzene rings is 2. The molecule has 5 rings (SSSR count). The van der Waals surface area contributed by atoms with Crippen LogP contribution in [-0.2, 0) is 0 Å². The zero-order chi connectivity index (χ0) is 20.3. The van der Waals surface area contributed by atoms with Gasteiger partial charge < -0.3 is 4.42 Å². The summed E-state index contributed by atoms with van der Waals surface area (Å²) in [5.74, 6) is -0.917. The van der Waals surface area contributed by atoms with Gasteiger partial charge in [0.1, 0.15) is 11.4 Å². The van der Waals surface area contributed by atoms with Crippen molar-refractivity contribution < 1.29 is 13.6 Å². The van der Waals surface area contributed by atoms with E-state index in [9.17, 15) is 14.0 Å². The maximum Gasteiger partial charge on any atom is 0.297 e. The molecule has 3 heterocycles. The summed E-state index contributed by atoms with van der Waals surface area (Å²) >= 11 is 1.36. The first-order valence-corrected chi connectivity index (χ1v) is 9.86. The fourth-order valence-corrected chi connectivity index (χ4v) is 4.60. The number of aryl methyl sites for hydroxylation is 2. The second-order valence-electron chi connectivity index (χ2n) is 6.94. The smallest absolute Gasteiger partial charge is 0.297 e. The van der Waals surface area contributed by atoms with Crippen molar-refractivity contribution >= 4 is 33.3 Å². The molecule has 0 saturated heterocycles. The van der Waals surface area contributed by atoms with Gasteiger partial charge in [-0.2, -0.15) is 0 Å². The van der Waals surface area contributed by atoms with Crippen molar-refractivity contribution in [2.45, 2.75) is 19.9 Å². The molecule has 144 valence electrons. The van der Waals surface area contributed by atoms with E-state index in [0.717, 1.165) is 10.6 Å². The molecule has 2 aromatic carbocycles. The Morgan fingerprint density at radius 3 is 2.62 bits per heavy atom. The Morgan fingerprint density at radius 2 is 1.90 bits per heavy atom. The number of nitrogens with zero attached hydrogens (tertiary/aromatic N) is 2. The van der Waals surface area contributed by atoms with Crippen molar-refractivity contribution in [1.82, 2.24) is 4.98 Å². The molecule has 1 atom stereocenters.